The predicted octanol–water partition coefficient (Wildman–Crippen LogP) is 3.28. The molecule has 3 rings (SSSR count). The van der Waals surface area contributed by atoms with E-state index < -0.39 is 0 Å². The minimum Gasteiger partial charge on any atom is -0.467 e. The monoisotopic (exact) mass is 302 g/mol. The van der Waals surface area contributed by atoms with E-state index in [1.54, 1.807) is 6.26 Å². The van der Waals surface area contributed by atoms with E-state index >= 15 is 0 Å². The number of amides is 2. The molecule has 21 heavy (non-hydrogen) atoms. The van der Waals surface area contributed by atoms with Gasteiger partial charge in [-0.25, -0.2) is 4.79 Å². The van der Waals surface area contributed by atoms with Gasteiger partial charge in [0, 0.05) is 18.1 Å². The number of rotatable bonds is 3. The van der Waals surface area contributed by atoms with Crippen LogP contribution >= 0.6 is 11.8 Å². The Morgan fingerprint density at radius 1 is 1.29 bits per heavy atom. The van der Waals surface area contributed by atoms with E-state index in [2.05, 4.69) is 17.4 Å². The van der Waals surface area contributed by atoms with Gasteiger partial charge in [0.1, 0.15) is 5.76 Å². The second kappa shape index (κ2) is 6.72. The maximum absolute atomic E-state index is 12.4. The fourth-order valence-corrected chi connectivity index (χ4v) is 3.56. The second-order valence-electron chi connectivity index (χ2n) is 4.93. The van der Waals surface area contributed by atoms with Gasteiger partial charge in [0.15, 0.2) is 0 Å². The number of benzene rings is 1. The Balaban J connectivity index is 1.67. The highest BCUT2D eigenvalue weighted by atomic mass is 32.2. The van der Waals surface area contributed by atoms with Gasteiger partial charge in [0.05, 0.1) is 18.8 Å². The van der Waals surface area contributed by atoms with Gasteiger partial charge in [0.2, 0.25) is 0 Å². The predicted molar refractivity (Wildman–Crippen MR) is 84.2 cm³/mol. The molecule has 1 aliphatic heterocycles. The SMILES string of the molecule is O=C(NCc1ccco1)N1CCSCC1c1ccccc1. The van der Waals surface area contributed by atoms with Crippen LogP contribution in [0.5, 0.6) is 0 Å². The van der Waals surface area contributed by atoms with Crippen LogP contribution in [0, 0.1) is 0 Å². The molecule has 1 aromatic heterocycles. The minimum absolute atomic E-state index is 0.0273. The summed E-state index contributed by atoms with van der Waals surface area (Å²) >= 11 is 1.89. The largest absolute Gasteiger partial charge is 0.467 e. The molecule has 0 aliphatic carbocycles. The van der Waals surface area contributed by atoms with E-state index in [1.807, 2.05) is 47.0 Å². The molecule has 1 fully saturated rings. The van der Waals surface area contributed by atoms with Crippen molar-refractivity contribution >= 4 is 17.8 Å². The van der Waals surface area contributed by atoms with Crippen LogP contribution in [0.1, 0.15) is 17.4 Å². The molecule has 1 atom stereocenters. The third-order valence-electron chi connectivity index (χ3n) is 3.57. The highest BCUT2D eigenvalue weighted by Gasteiger charge is 2.28. The van der Waals surface area contributed by atoms with Crippen molar-refractivity contribution in [2.45, 2.75) is 12.6 Å². The molecule has 1 saturated heterocycles. The molecule has 2 amide bonds. The number of nitrogens with zero attached hydrogens (tertiary/aromatic N) is 1. The number of nitrogens with one attached hydrogen (secondary N) is 1. The van der Waals surface area contributed by atoms with Crippen molar-refractivity contribution in [3.05, 3.63) is 60.1 Å². The van der Waals surface area contributed by atoms with E-state index in [0.717, 1.165) is 23.8 Å². The molecule has 0 bridgehead atoms. The highest BCUT2D eigenvalue weighted by Crippen LogP contribution is 2.29. The number of hydrogen-bond acceptors (Lipinski definition) is 3. The van der Waals surface area contributed by atoms with Gasteiger partial charge in [-0.2, -0.15) is 11.8 Å². The lowest BCUT2D eigenvalue weighted by molar-refractivity contribution is 0.181. The lowest BCUT2D eigenvalue weighted by atomic mass is 10.1. The lowest BCUT2D eigenvalue weighted by Crippen LogP contribution is -2.46. The number of carbonyl (C=O) groups excluding carboxylic acids is 1. The van der Waals surface area contributed by atoms with E-state index in [9.17, 15) is 4.79 Å². The maximum Gasteiger partial charge on any atom is 0.318 e. The van der Waals surface area contributed by atoms with Gasteiger partial charge in [-0.05, 0) is 17.7 Å². The van der Waals surface area contributed by atoms with Crippen LogP contribution in [-0.2, 0) is 6.54 Å². The first kappa shape index (κ1) is 14.1. The van der Waals surface area contributed by atoms with Crippen LogP contribution in [0.25, 0.3) is 0 Å². The quantitative estimate of drug-likeness (QED) is 0.946. The van der Waals surface area contributed by atoms with Crippen molar-refractivity contribution in [1.29, 1.82) is 0 Å². The molecule has 0 spiro atoms. The fraction of sp³-hybridized carbons (Fsp3) is 0.312. The van der Waals surface area contributed by atoms with Crippen LogP contribution in [0.15, 0.2) is 53.1 Å². The van der Waals surface area contributed by atoms with Crippen LogP contribution in [-0.4, -0.2) is 29.0 Å². The van der Waals surface area contributed by atoms with Gasteiger partial charge >= 0.3 is 6.03 Å². The summed E-state index contributed by atoms with van der Waals surface area (Å²) in [5.41, 5.74) is 1.19. The van der Waals surface area contributed by atoms with Crippen molar-refractivity contribution < 1.29 is 9.21 Å². The zero-order chi connectivity index (χ0) is 14.5. The van der Waals surface area contributed by atoms with Crippen LogP contribution in [0.3, 0.4) is 0 Å². The molecule has 5 heteroatoms. The Kier molecular flexibility index (Phi) is 4.50. The van der Waals surface area contributed by atoms with Crippen molar-refractivity contribution in [3.63, 3.8) is 0 Å². The summed E-state index contributed by atoms with van der Waals surface area (Å²) in [5, 5.41) is 2.94. The van der Waals surface area contributed by atoms with Gasteiger partial charge in [0.25, 0.3) is 0 Å². The summed E-state index contributed by atoms with van der Waals surface area (Å²) < 4.78 is 5.25. The Morgan fingerprint density at radius 2 is 2.14 bits per heavy atom. The van der Waals surface area contributed by atoms with Gasteiger partial charge in [-0.3, -0.25) is 0 Å². The molecule has 2 aromatic rings. The van der Waals surface area contributed by atoms with Gasteiger partial charge < -0.3 is 14.6 Å². The van der Waals surface area contributed by atoms with E-state index in [-0.39, 0.29) is 12.1 Å². The number of furan rings is 1. The smallest absolute Gasteiger partial charge is 0.318 e. The maximum atomic E-state index is 12.4. The van der Waals surface area contributed by atoms with Crippen molar-refractivity contribution in [2.24, 2.45) is 0 Å². The van der Waals surface area contributed by atoms with Crippen LogP contribution in [0.4, 0.5) is 4.79 Å². The van der Waals surface area contributed by atoms with Gasteiger partial charge in [-0.1, -0.05) is 30.3 Å². The van der Waals surface area contributed by atoms with Crippen molar-refractivity contribution in [1.82, 2.24) is 10.2 Å². The molecule has 0 radical (unpaired) electrons. The zero-order valence-corrected chi connectivity index (χ0v) is 12.5. The molecule has 1 aliphatic rings. The van der Waals surface area contributed by atoms with Gasteiger partial charge in [-0.15, -0.1) is 0 Å². The molecule has 1 aromatic carbocycles. The third kappa shape index (κ3) is 3.42. The molecular weight excluding hydrogens is 284 g/mol. The molecule has 1 unspecified atom stereocenters. The molecular formula is C16H18N2O2S. The van der Waals surface area contributed by atoms with E-state index in [1.165, 1.54) is 5.56 Å². The van der Waals surface area contributed by atoms with E-state index in [0.29, 0.717) is 6.54 Å². The highest BCUT2D eigenvalue weighted by molar-refractivity contribution is 7.99. The first-order valence-corrected chi connectivity index (χ1v) is 8.19. The summed E-state index contributed by atoms with van der Waals surface area (Å²) in [7, 11) is 0. The molecule has 110 valence electrons. The lowest BCUT2D eigenvalue weighted by Gasteiger charge is -2.35. The van der Waals surface area contributed by atoms with Crippen LogP contribution in [0.2, 0.25) is 0 Å². The summed E-state index contributed by atoms with van der Waals surface area (Å²) in [6.07, 6.45) is 1.62. The standard InChI is InChI=1S/C16H18N2O2S/c19-16(17-11-14-7-4-9-20-14)18-8-10-21-12-15(18)13-5-2-1-3-6-13/h1-7,9,15H,8,10-12H2,(H,17,19). The summed E-state index contributed by atoms with van der Waals surface area (Å²) in [5.74, 6) is 2.70. The van der Waals surface area contributed by atoms with Crippen molar-refractivity contribution in [3.8, 4) is 0 Å². The first-order valence-electron chi connectivity index (χ1n) is 7.04. The summed E-state index contributed by atoms with van der Waals surface area (Å²) in [6, 6.07) is 14.0. The number of urea groups is 1. The molecule has 0 saturated carbocycles. The topological polar surface area (TPSA) is 45.5 Å². The third-order valence-corrected chi connectivity index (χ3v) is 4.59. The zero-order valence-electron chi connectivity index (χ0n) is 11.7. The Labute approximate surface area is 128 Å². The summed E-state index contributed by atoms with van der Waals surface area (Å²) in [6.45, 7) is 1.20. The first-order chi connectivity index (χ1) is 10.3. The number of hydrogen-bond donors (Lipinski definition) is 1. The molecule has 4 nitrogen and oxygen atoms in total. The average molecular weight is 302 g/mol. The number of thioether (sulfide) groups is 1. The van der Waals surface area contributed by atoms with E-state index in [4.69, 9.17) is 4.42 Å². The minimum atomic E-state index is -0.0273. The Hall–Kier alpha value is -1.88. The Bertz CT molecular complexity index is 571. The molecule has 2 heterocycles. The average Bonchev–Trinajstić information content (AvgIpc) is 3.07. The molecule has 1 N–H and O–H groups in total. The normalized spacial score (nSPS) is 18.5. The van der Waals surface area contributed by atoms with Crippen molar-refractivity contribution in [2.75, 3.05) is 18.1 Å². The number of carbonyl (C=O) groups is 1. The second-order valence-corrected chi connectivity index (χ2v) is 6.08. The fourth-order valence-electron chi connectivity index (χ4n) is 2.48. The van der Waals surface area contributed by atoms with Crippen LogP contribution < -0.4 is 5.32 Å². The Morgan fingerprint density at radius 3 is 2.90 bits per heavy atom. The summed E-state index contributed by atoms with van der Waals surface area (Å²) in [4.78, 5) is 14.4.